The van der Waals surface area contributed by atoms with Crippen molar-refractivity contribution in [2.24, 2.45) is 0 Å². The molecule has 2 heterocycles. The highest BCUT2D eigenvalue weighted by atomic mass is 32.1. The Bertz CT molecular complexity index is 785. The molecule has 0 unspecified atom stereocenters. The van der Waals surface area contributed by atoms with Crippen molar-refractivity contribution in [1.82, 2.24) is 15.6 Å². The van der Waals surface area contributed by atoms with Crippen molar-refractivity contribution >= 4 is 28.7 Å². The van der Waals surface area contributed by atoms with Gasteiger partial charge in [-0.15, -0.1) is 22.7 Å². The number of hydrogen-bond donors (Lipinski definition) is 2. The highest BCUT2D eigenvalue weighted by Crippen LogP contribution is 2.23. The van der Waals surface area contributed by atoms with Gasteiger partial charge in [0.05, 0.1) is 12.2 Å². The van der Waals surface area contributed by atoms with Gasteiger partial charge >= 0.3 is 6.03 Å². The van der Waals surface area contributed by atoms with Crippen LogP contribution in [0.2, 0.25) is 0 Å². The molecular weight excluding hydrogens is 345 g/mol. The molecule has 0 fully saturated rings. The van der Waals surface area contributed by atoms with E-state index in [4.69, 9.17) is 0 Å². The summed E-state index contributed by atoms with van der Waals surface area (Å²) >= 11 is 3.13. The first-order valence-electron chi connectivity index (χ1n) is 7.45. The first kappa shape index (κ1) is 16.6. The largest absolute Gasteiger partial charge is 0.338 e. The van der Waals surface area contributed by atoms with E-state index < -0.39 is 0 Å². The predicted molar refractivity (Wildman–Crippen MR) is 95.8 cm³/mol. The second-order valence-electron chi connectivity index (χ2n) is 5.09. The Hall–Kier alpha value is -2.25. The van der Waals surface area contributed by atoms with Crippen molar-refractivity contribution in [3.63, 3.8) is 0 Å². The maximum absolute atomic E-state index is 12.9. The van der Waals surface area contributed by atoms with E-state index in [9.17, 15) is 9.18 Å². The van der Waals surface area contributed by atoms with Crippen molar-refractivity contribution in [3.8, 4) is 10.6 Å². The summed E-state index contributed by atoms with van der Waals surface area (Å²) in [6.45, 7) is 1.05. The van der Waals surface area contributed by atoms with Crippen molar-refractivity contribution in [2.75, 3.05) is 6.54 Å². The van der Waals surface area contributed by atoms with Gasteiger partial charge < -0.3 is 10.6 Å². The Morgan fingerprint density at radius 2 is 1.96 bits per heavy atom. The molecule has 2 N–H and O–H groups in total. The van der Waals surface area contributed by atoms with E-state index in [0.29, 0.717) is 19.5 Å². The van der Waals surface area contributed by atoms with Gasteiger partial charge in [-0.1, -0.05) is 6.07 Å². The van der Waals surface area contributed by atoms with Crippen molar-refractivity contribution in [1.29, 1.82) is 0 Å². The molecule has 1 aromatic carbocycles. The summed E-state index contributed by atoms with van der Waals surface area (Å²) in [6.07, 6.45) is 0.657. The highest BCUT2D eigenvalue weighted by Gasteiger charge is 2.06. The minimum Gasteiger partial charge on any atom is -0.338 e. The van der Waals surface area contributed by atoms with Crippen LogP contribution in [0, 0.1) is 5.82 Å². The number of benzene rings is 1. The van der Waals surface area contributed by atoms with Gasteiger partial charge in [0.1, 0.15) is 10.8 Å². The third-order valence-corrected chi connectivity index (χ3v) is 5.13. The van der Waals surface area contributed by atoms with E-state index in [1.54, 1.807) is 23.5 Å². The number of carbonyl (C=O) groups excluding carboxylic acids is 1. The topological polar surface area (TPSA) is 54.0 Å². The average molecular weight is 361 g/mol. The van der Waals surface area contributed by atoms with Crippen LogP contribution in [-0.4, -0.2) is 17.6 Å². The van der Waals surface area contributed by atoms with Crippen LogP contribution in [0.1, 0.15) is 10.6 Å². The Balaban J connectivity index is 1.43. The van der Waals surface area contributed by atoms with E-state index in [1.165, 1.54) is 23.5 Å². The molecule has 0 aliphatic heterocycles. The number of thiazole rings is 1. The molecule has 0 aliphatic carbocycles. The minimum atomic E-state index is -0.256. The average Bonchev–Trinajstić information content (AvgIpc) is 3.25. The van der Waals surface area contributed by atoms with Crippen molar-refractivity contribution in [3.05, 3.63) is 63.5 Å². The summed E-state index contributed by atoms with van der Waals surface area (Å²) in [7, 11) is 0. The zero-order chi connectivity index (χ0) is 16.8. The molecule has 0 bridgehead atoms. The molecule has 0 spiro atoms. The van der Waals surface area contributed by atoms with Gasteiger partial charge in [0.15, 0.2) is 0 Å². The van der Waals surface area contributed by atoms with Crippen LogP contribution >= 0.6 is 22.7 Å². The Morgan fingerprint density at radius 1 is 1.12 bits per heavy atom. The fourth-order valence-electron chi connectivity index (χ4n) is 2.09. The van der Waals surface area contributed by atoms with Crippen LogP contribution < -0.4 is 10.6 Å². The fourth-order valence-corrected chi connectivity index (χ4v) is 3.60. The maximum atomic E-state index is 12.9. The number of carbonyl (C=O) groups is 1. The number of halogens is 1. The molecule has 0 saturated heterocycles. The van der Waals surface area contributed by atoms with Gasteiger partial charge in [-0.2, -0.15) is 0 Å². The molecule has 0 radical (unpaired) electrons. The second kappa shape index (κ2) is 8.03. The summed E-state index contributed by atoms with van der Waals surface area (Å²) in [5, 5.41) is 10.4. The first-order chi connectivity index (χ1) is 11.7. The number of aromatic nitrogens is 1. The maximum Gasteiger partial charge on any atom is 0.315 e. The van der Waals surface area contributed by atoms with Crippen LogP contribution in [0.3, 0.4) is 0 Å². The Kier molecular flexibility index (Phi) is 5.55. The summed E-state index contributed by atoms with van der Waals surface area (Å²) in [6, 6.07) is 10.0. The van der Waals surface area contributed by atoms with Crippen LogP contribution in [0.4, 0.5) is 9.18 Å². The molecule has 24 heavy (non-hydrogen) atoms. The third kappa shape index (κ3) is 4.62. The lowest BCUT2D eigenvalue weighted by Crippen LogP contribution is -2.36. The van der Waals surface area contributed by atoms with Crippen LogP contribution in [0.25, 0.3) is 10.6 Å². The second-order valence-corrected chi connectivity index (χ2v) is 6.98. The number of hydrogen-bond acceptors (Lipinski definition) is 4. The van der Waals surface area contributed by atoms with Gasteiger partial charge in [-0.25, -0.2) is 14.2 Å². The molecule has 124 valence electrons. The lowest BCUT2D eigenvalue weighted by molar-refractivity contribution is 0.240. The number of thiophene rings is 1. The van der Waals surface area contributed by atoms with Gasteiger partial charge in [-0.05, 0) is 35.7 Å². The van der Waals surface area contributed by atoms with Gasteiger partial charge in [0.25, 0.3) is 0 Å². The zero-order valence-corrected chi connectivity index (χ0v) is 14.4. The zero-order valence-electron chi connectivity index (χ0n) is 12.8. The quantitative estimate of drug-likeness (QED) is 0.696. The number of urea groups is 1. The Morgan fingerprint density at radius 3 is 2.71 bits per heavy atom. The smallest absolute Gasteiger partial charge is 0.315 e. The lowest BCUT2D eigenvalue weighted by atomic mass is 10.2. The van der Waals surface area contributed by atoms with E-state index in [0.717, 1.165) is 21.1 Å². The normalized spacial score (nSPS) is 10.5. The molecule has 0 saturated carbocycles. The molecule has 2 aromatic heterocycles. The lowest BCUT2D eigenvalue weighted by Gasteiger charge is -2.05. The summed E-state index contributed by atoms with van der Waals surface area (Å²) in [4.78, 5) is 17.4. The Labute approximate surface area is 147 Å². The molecule has 4 nitrogen and oxygen atoms in total. The number of amides is 2. The highest BCUT2D eigenvalue weighted by molar-refractivity contribution is 7.13. The molecule has 3 aromatic rings. The fraction of sp³-hybridized carbons (Fsp3) is 0.176. The monoisotopic (exact) mass is 361 g/mol. The number of nitrogens with zero attached hydrogens (tertiary/aromatic N) is 1. The third-order valence-electron chi connectivity index (χ3n) is 3.31. The number of nitrogens with one attached hydrogen (secondary N) is 2. The molecule has 0 aliphatic rings. The van der Waals surface area contributed by atoms with Crippen LogP contribution in [0.5, 0.6) is 0 Å². The van der Waals surface area contributed by atoms with Crippen molar-refractivity contribution in [2.45, 2.75) is 13.0 Å². The van der Waals surface area contributed by atoms with E-state index in [1.807, 2.05) is 22.9 Å². The molecule has 2 amide bonds. The van der Waals surface area contributed by atoms with Crippen molar-refractivity contribution < 1.29 is 9.18 Å². The molecule has 7 heteroatoms. The van der Waals surface area contributed by atoms with E-state index >= 15 is 0 Å². The standard InChI is InChI=1S/C17H16FN3OS2/c18-13-5-3-12(4-6-13)16-21-14(11-24-16)7-8-19-17(22)20-10-15-2-1-9-23-15/h1-6,9,11H,7-8,10H2,(H2,19,20,22). The van der Waals surface area contributed by atoms with Crippen LogP contribution in [-0.2, 0) is 13.0 Å². The molecule has 3 rings (SSSR count). The molecular formula is C17H16FN3OS2. The van der Waals surface area contributed by atoms with Crippen LogP contribution in [0.15, 0.2) is 47.2 Å². The summed E-state index contributed by atoms with van der Waals surface area (Å²) in [5.74, 6) is -0.256. The van der Waals surface area contributed by atoms with E-state index in [2.05, 4.69) is 15.6 Å². The van der Waals surface area contributed by atoms with Gasteiger partial charge in [0.2, 0.25) is 0 Å². The number of rotatable bonds is 6. The van der Waals surface area contributed by atoms with Gasteiger partial charge in [0, 0.05) is 28.8 Å². The van der Waals surface area contributed by atoms with E-state index in [-0.39, 0.29) is 11.8 Å². The SMILES string of the molecule is O=C(NCCc1csc(-c2ccc(F)cc2)n1)NCc1cccs1. The minimum absolute atomic E-state index is 0.183. The summed E-state index contributed by atoms with van der Waals surface area (Å²) < 4.78 is 12.9. The first-order valence-corrected chi connectivity index (χ1v) is 9.21. The summed E-state index contributed by atoms with van der Waals surface area (Å²) in [5.41, 5.74) is 1.81. The molecule has 0 atom stereocenters. The van der Waals surface area contributed by atoms with Gasteiger partial charge in [-0.3, -0.25) is 0 Å². The predicted octanol–water partition coefficient (Wildman–Crippen LogP) is 4.05.